The number of halogens is 1. The fraction of sp³-hybridized carbons (Fsp3) is 0.111. The van der Waals surface area contributed by atoms with Crippen LogP contribution in [-0.2, 0) is 6.54 Å². The molecule has 3 rings (SSSR count). The summed E-state index contributed by atoms with van der Waals surface area (Å²) in [6.45, 7) is 0.427. The maximum atomic E-state index is 12.1. The molecule has 0 spiro atoms. The van der Waals surface area contributed by atoms with Crippen LogP contribution in [0.3, 0.4) is 0 Å². The molecular formula is C18H15BrN2O2. The number of hydrogen-bond donors (Lipinski definition) is 0. The molecule has 0 N–H and O–H groups in total. The van der Waals surface area contributed by atoms with E-state index < -0.39 is 0 Å². The third kappa shape index (κ3) is 3.68. The molecule has 0 saturated heterocycles. The van der Waals surface area contributed by atoms with Gasteiger partial charge < -0.3 is 4.74 Å². The highest BCUT2D eigenvalue weighted by atomic mass is 79.9. The Morgan fingerprint density at radius 1 is 1.09 bits per heavy atom. The lowest BCUT2D eigenvalue weighted by Gasteiger charge is -2.08. The molecule has 116 valence electrons. The van der Waals surface area contributed by atoms with Crippen molar-refractivity contribution in [3.05, 3.63) is 81.1 Å². The zero-order valence-electron chi connectivity index (χ0n) is 12.6. The number of nitrogens with zero attached hydrogens (tertiary/aromatic N) is 2. The van der Waals surface area contributed by atoms with Crippen LogP contribution in [0.4, 0.5) is 0 Å². The summed E-state index contributed by atoms with van der Waals surface area (Å²) in [5, 5.41) is 4.48. The van der Waals surface area contributed by atoms with Crippen molar-refractivity contribution in [2.45, 2.75) is 6.54 Å². The third-order valence-corrected chi connectivity index (χ3v) is 3.95. The van der Waals surface area contributed by atoms with Gasteiger partial charge in [0.05, 0.1) is 19.3 Å². The Labute approximate surface area is 142 Å². The molecule has 0 unspecified atom stereocenters. The van der Waals surface area contributed by atoms with Crippen molar-refractivity contribution in [2.75, 3.05) is 7.11 Å². The molecule has 1 aromatic heterocycles. The van der Waals surface area contributed by atoms with E-state index in [-0.39, 0.29) is 5.56 Å². The van der Waals surface area contributed by atoms with Gasteiger partial charge >= 0.3 is 0 Å². The van der Waals surface area contributed by atoms with Crippen LogP contribution < -0.4 is 10.3 Å². The maximum Gasteiger partial charge on any atom is 0.267 e. The van der Waals surface area contributed by atoms with E-state index in [1.54, 1.807) is 19.2 Å². The molecule has 0 fully saturated rings. The second-order valence-corrected chi connectivity index (χ2v) is 5.99. The summed E-state index contributed by atoms with van der Waals surface area (Å²) in [6.07, 6.45) is 0. The smallest absolute Gasteiger partial charge is 0.267 e. The highest BCUT2D eigenvalue weighted by Gasteiger charge is 2.06. The summed E-state index contributed by atoms with van der Waals surface area (Å²) in [4.78, 5) is 12.1. The van der Waals surface area contributed by atoms with Crippen LogP contribution in [0.1, 0.15) is 5.56 Å². The zero-order chi connectivity index (χ0) is 16.2. The van der Waals surface area contributed by atoms with Gasteiger partial charge in [-0.3, -0.25) is 4.79 Å². The molecule has 1 heterocycles. The number of aromatic nitrogens is 2. The Balaban J connectivity index is 1.97. The predicted molar refractivity (Wildman–Crippen MR) is 93.7 cm³/mol. The molecule has 0 aliphatic carbocycles. The number of rotatable bonds is 4. The van der Waals surface area contributed by atoms with Gasteiger partial charge in [0.15, 0.2) is 0 Å². The molecule has 5 heteroatoms. The lowest BCUT2D eigenvalue weighted by Crippen LogP contribution is -2.22. The van der Waals surface area contributed by atoms with Crippen LogP contribution in [-0.4, -0.2) is 16.9 Å². The minimum Gasteiger partial charge on any atom is -0.497 e. The standard InChI is InChI=1S/C18H15BrN2O2/c1-23-16-7-3-5-14(11-16)17-8-9-18(22)21(20-17)12-13-4-2-6-15(19)10-13/h2-11H,12H2,1H3. The van der Waals surface area contributed by atoms with E-state index in [1.807, 2.05) is 48.5 Å². The normalized spacial score (nSPS) is 10.5. The second-order valence-electron chi connectivity index (χ2n) is 5.08. The first-order chi connectivity index (χ1) is 11.2. The fourth-order valence-corrected chi connectivity index (χ4v) is 2.75. The summed E-state index contributed by atoms with van der Waals surface area (Å²) in [7, 11) is 1.63. The molecule has 0 atom stereocenters. The molecule has 4 nitrogen and oxygen atoms in total. The van der Waals surface area contributed by atoms with Crippen LogP contribution in [0.25, 0.3) is 11.3 Å². The minimum absolute atomic E-state index is 0.128. The van der Waals surface area contributed by atoms with Crippen molar-refractivity contribution in [2.24, 2.45) is 0 Å². The Kier molecular flexibility index (Phi) is 4.57. The van der Waals surface area contributed by atoms with Crippen molar-refractivity contribution in [3.8, 4) is 17.0 Å². The second kappa shape index (κ2) is 6.79. The molecule has 0 bridgehead atoms. The van der Waals surface area contributed by atoms with Crippen LogP contribution in [0, 0.1) is 0 Å². The Morgan fingerprint density at radius 2 is 1.91 bits per heavy atom. The largest absolute Gasteiger partial charge is 0.497 e. The van der Waals surface area contributed by atoms with Gasteiger partial charge in [0.2, 0.25) is 0 Å². The highest BCUT2D eigenvalue weighted by Crippen LogP contribution is 2.21. The molecule has 0 radical (unpaired) electrons. The lowest BCUT2D eigenvalue weighted by atomic mass is 10.1. The molecule has 2 aromatic carbocycles. The third-order valence-electron chi connectivity index (χ3n) is 3.45. The molecule has 0 saturated carbocycles. The molecule has 23 heavy (non-hydrogen) atoms. The Bertz CT molecular complexity index is 890. The van der Waals surface area contributed by atoms with Gasteiger partial charge in [0, 0.05) is 16.1 Å². The van der Waals surface area contributed by atoms with Crippen molar-refractivity contribution in [3.63, 3.8) is 0 Å². The van der Waals surface area contributed by atoms with Crippen LogP contribution in [0.2, 0.25) is 0 Å². The summed E-state index contributed by atoms with van der Waals surface area (Å²) in [5.74, 6) is 0.758. The van der Waals surface area contributed by atoms with Gasteiger partial charge in [-0.15, -0.1) is 0 Å². The molecule has 0 aliphatic heterocycles. The maximum absolute atomic E-state index is 12.1. The first-order valence-electron chi connectivity index (χ1n) is 7.13. The quantitative estimate of drug-likeness (QED) is 0.702. The van der Waals surface area contributed by atoms with Gasteiger partial charge in [0.1, 0.15) is 5.75 Å². The lowest BCUT2D eigenvalue weighted by molar-refractivity contribution is 0.415. The van der Waals surface area contributed by atoms with Gasteiger partial charge in [-0.2, -0.15) is 5.10 Å². The first-order valence-corrected chi connectivity index (χ1v) is 7.92. The Hall–Kier alpha value is -2.40. The SMILES string of the molecule is COc1cccc(-c2ccc(=O)n(Cc3cccc(Br)c3)n2)c1. The summed E-state index contributed by atoms with van der Waals surface area (Å²) < 4.78 is 7.69. The average Bonchev–Trinajstić information content (AvgIpc) is 2.57. The number of methoxy groups -OCH3 is 1. The summed E-state index contributed by atoms with van der Waals surface area (Å²) in [5.41, 5.74) is 2.53. The minimum atomic E-state index is -0.128. The van der Waals surface area contributed by atoms with Crippen LogP contribution in [0.15, 0.2) is 69.9 Å². The number of benzene rings is 2. The van der Waals surface area contributed by atoms with Gasteiger partial charge in [0.25, 0.3) is 5.56 Å². The monoisotopic (exact) mass is 370 g/mol. The van der Waals surface area contributed by atoms with Crippen LogP contribution >= 0.6 is 15.9 Å². The number of ether oxygens (including phenoxy) is 1. The molecular weight excluding hydrogens is 356 g/mol. The predicted octanol–water partition coefficient (Wildman–Crippen LogP) is 3.73. The highest BCUT2D eigenvalue weighted by molar-refractivity contribution is 9.10. The number of hydrogen-bond acceptors (Lipinski definition) is 3. The van der Waals surface area contributed by atoms with E-state index in [4.69, 9.17) is 4.74 Å². The van der Waals surface area contributed by atoms with Crippen molar-refractivity contribution in [1.82, 2.24) is 9.78 Å². The molecule has 0 amide bonds. The van der Waals surface area contributed by atoms with Crippen molar-refractivity contribution < 1.29 is 4.74 Å². The van der Waals surface area contributed by atoms with Gasteiger partial charge in [-0.05, 0) is 35.9 Å². The van der Waals surface area contributed by atoms with Gasteiger partial charge in [-0.25, -0.2) is 4.68 Å². The van der Waals surface area contributed by atoms with E-state index in [0.29, 0.717) is 6.54 Å². The van der Waals surface area contributed by atoms with Crippen molar-refractivity contribution in [1.29, 1.82) is 0 Å². The summed E-state index contributed by atoms with van der Waals surface area (Å²) >= 11 is 3.44. The first kappa shape index (κ1) is 15.5. The topological polar surface area (TPSA) is 44.1 Å². The van der Waals surface area contributed by atoms with E-state index in [9.17, 15) is 4.79 Å². The van der Waals surface area contributed by atoms with E-state index in [0.717, 1.165) is 27.0 Å². The van der Waals surface area contributed by atoms with E-state index in [1.165, 1.54) is 4.68 Å². The average molecular weight is 371 g/mol. The van der Waals surface area contributed by atoms with Crippen LogP contribution in [0.5, 0.6) is 5.75 Å². The van der Waals surface area contributed by atoms with E-state index in [2.05, 4.69) is 21.0 Å². The fourth-order valence-electron chi connectivity index (χ4n) is 2.31. The van der Waals surface area contributed by atoms with Crippen molar-refractivity contribution >= 4 is 15.9 Å². The van der Waals surface area contributed by atoms with E-state index >= 15 is 0 Å². The zero-order valence-corrected chi connectivity index (χ0v) is 14.2. The molecule has 3 aromatic rings. The summed E-state index contributed by atoms with van der Waals surface area (Å²) in [6, 6.07) is 18.7. The van der Waals surface area contributed by atoms with Gasteiger partial charge in [-0.1, -0.05) is 40.2 Å². The Morgan fingerprint density at radius 3 is 2.70 bits per heavy atom. The molecule has 0 aliphatic rings.